The predicted octanol–water partition coefficient (Wildman–Crippen LogP) is 1.40. The predicted molar refractivity (Wildman–Crippen MR) is 70.7 cm³/mol. The summed E-state index contributed by atoms with van der Waals surface area (Å²) in [4.78, 5) is 11.6. The summed E-state index contributed by atoms with van der Waals surface area (Å²) in [6.45, 7) is 0.703. The van der Waals surface area contributed by atoms with E-state index in [4.69, 9.17) is 16.3 Å². The van der Waals surface area contributed by atoms with Crippen LogP contribution in [-0.4, -0.2) is 37.4 Å². The lowest BCUT2D eigenvalue weighted by Crippen LogP contribution is -2.29. The van der Waals surface area contributed by atoms with Crippen LogP contribution in [0.3, 0.4) is 0 Å². The van der Waals surface area contributed by atoms with E-state index in [0.29, 0.717) is 18.0 Å². The number of carbonyl (C=O) groups excluding carboxylic acids is 1. The van der Waals surface area contributed by atoms with Gasteiger partial charge in [-0.2, -0.15) is 0 Å². The third kappa shape index (κ3) is 5.49. The third-order valence-corrected chi connectivity index (χ3v) is 2.84. The average molecular weight is 272 g/mol. The van der Waals surface area contributed by atoms with Gasteiger partial charge in [0.1, 0.15) is 0 Å². The molecule has 0 bridgehead atoms. The summed E-state index contributed by atoms with van der Waals surface area (Å²) in [5, 5.41) is 12.7. The quantitative estimate of drug-likeness (QED) is 0.788. The fraction of sp³-hybridized carbons (Fsp3) is 0.462. The van der Waals surface area contributed by atoms with Crippen LogP contribution in [0.4, 0.5) is 0 Å². The number of carbonyl (C=O) groups is 1. The SMILES string of the molecule is COCC(O)CCNC(=O)Cc1ccccc1Cl. The van der Waals surface area contributed by atoms with Gasteiger partial charge in [-0.1, -0.05) is 29.8 Å². The number of aliphatic hydroxyl groups is 1. The van der Waals surface area contributed by atoms with Crippen LogP contribution in [0.15, 0.2) is 24.3 Å². The van der Waals surface area contributed by atoms with Gasteiger partial charge in [0.05, 0.1) is 19.1 Å². The fourth-order valence-electron chi connectivity index (χ4n) is 1.53. The number of rotatable bonds is 7. The highest BCUT2D eigenvalue weighted by atomic mass is 35.5. The molecule has 0 aliphatic rings. The van der Waals surface area contributed by atoms with Gasteiger partial charge in [-0.3, -0.25) is 4.79 Å². The van der Waals surface area contributed by atoms with Crippen LogP contribution in [0.2, 0.25) is 5.02 Å². The molecule has 0 radical (unpaired) electrons. The van der Waals surface area contributed by atoms with Gasteiger partial charge in [0.2, 0.25) is 5.91 Å². The van der Waals surface area contributed by atoms with E-state index in [9.17, 15) is 9.90 Å². The molecular formula is C13H18ClNO3. The van der Waals surface area contributed by atoms with Gasteiger partial charge in [-0.25, -0.2) is 0 Å². The van der Waals surface area contributed by atoms with Gasteiger partial charge in [0.25, 0.3) is 0 Å². The molecule has 18 heavy (non-hydrogen) atoms. The molecular weight excluding hydrogens is 254 g/mol. The lowest BCUT2D eigenvalue weighted by Gasteiger charge is -2.10. The number of halogens is 1. The van der Waals surface area contributed by atoms with E-state index in [-0.39, 0.29) is 18.9 Å². The van der Waals surface area contributed by atoms with Crippen molar-refractivity contribution in [2.24, 2.45) is 0 Å². The van der Waals surface area contributed by atoms with Gasteiger partial charge < -0.3 is 15.2 Å². The van der Waals surface area contributed by atoms with Crippen molar-refractivity contribution >= 4 is 17.5 Å². The molecule has 5 heteroatoms. The van der Waals surface area contributed by atoms with E-state index in [1.165, 1.54) is 7.11 Å². The number of ether oxygens (including phenoxy) is 1. The van der Waals surface area contributed by atoms with E-state index < -0.39 is 6.10 Å². The van der Waals surface area contributed by atoms with Crippen molar-refractivity contribution < 1.29 is 14.6 Å². The Bertz CT molecular complexity index is 384. The second-order valence-electron chi connectivity index (χ2n) is 4.02. The van der Waals surface area contributed by atoms with Crippen molar-refractivity contribution in [1.29, 1.82) is 0 Å². The first-order chi connectivity index (χ1) is 8.63. The molecule has 0 heterocycles. The number of nitrogens with one attached hydrogen (secondary N) is 1. The number of methoxy groups -OCH3 is 1. The first-order valence-electron chi connectivity index (χ1n) is 5.80. The molecule has 0 saturated carbocycles. The first-order valence-corrected chi connectivity index (χ1v) is 6.18. The van der Waals surface area contributed by atoms with Crippen molar-refractivity contribution in [2.45, 2.75) is 18.9 Å². The molecule has 1 rings (SSSR count). The third-order valence-electron chi connectivity index (χ3n) is 2.47. The minimum Gasteiger partial charge on any atom is -0.391 e. The van der Waals surface area contributed by atoms with E-state index >= 15 is 0 Å². The Morgan fingerprint density at radius 3 is 2.89 bits per heavy atom. The lowest BCUT2D eigenvalue weighted by molar-refractivity contribution is -0.120. The largest absolute Gasteiger partial charge is 0.391 e. The normalized spacial score (nSPS) is 12.2. The molecule has 2 N–H and O–H groups in total. The van der Waals surface area contributed by atoms with Crippen LogP contribution in [0, 0.1) is 0 Å². The number of hydrogen-bond acceptors (Lipinski definition) is 3. The number of benzene rings is 1. The number of hydrogen-bond donors (Lipinski definition) is 2. The minimum absolute atomic E-state index is 0.104. The second-order valence-corrected chi connectivity index (χ2v) is 4.42. The second kappa shape index (κ2) is 8.08. The van der Waals surface area contributed by atoms with Crippen molar-refractivity contribution in [1.82, 2.24) is 5.32 Å². The Balaban J connectivity index is 2.28. The zero-order chi connectivity index (χ0) is 13.4. The van der Waals surface area contributed by atoms with E-state index in [2.05, 4.69) is 5.32 Å². The van der Waals surface area contributed by atoms with Gasteiger partial charge in [-0.15, -0.1) is 0 Å². The van der Waals surface area contributed by atoms with E-state index in [1.54, 1.807) is 6.07 Å². The molecule has 1 amide bonds. The van der Waals surface area contributed by atoms with Gasteiger partial charge in [0.15, 0.2) is 0 Å². The zero-order valence-electron chi connectivity index (χ0n) is 10.4. The van der Waals surface area contributed by atoms with E-state index in [0.717, 1.165) is 5.56 Å². The summed E-state index contributed by atoms with van der Waals surface area (Å²) in [6, 6.07) is 7.25. The molecule has 0 fully saturated rings. The first kappa shape index (κ1) is 15.0. The topological polar surface area (TPSA) is 58.6 Å². The zero-order valence-corrected chi connectivity index (χ0v) is 11.1. The van der Waals surface area contributed by atoms with Crippen molar-refractivity contribution in [3.05, 3.63) is 34.9 Å². The van der Waals surface area contributed by atoms with Gasteiger partial charge in [0, 0.05) is 18.7 Å². The highest BCUT2D eigenvalue weighted by Gasteiger charge is 2.07. The molecule has 0 aliphatic carbocycles. The summed E-state index contributed by atoms with van der Waals surface area (Å²) < 4.78 is 4.79. The van der Waals surface area contributed by atoms with Crippen molar-refractivity contribution in [2.75, 3.05) is 20.3 Å². The molecule has 0 aliphatic heterocycles. The molecule has 100 valence electrons. The molecule has 1 aromatic rings. The monoisotopic (exact) mass is 271 g/mol. The van der Waals surface area contributed by atoms with Crippen LogP contribution >= 0.6 is 11.6 Å². The molecule has 1 aromatic carbocycles. The Labute approximate surface area is 112 Å². The summed E-state index contributed by atoms with van der Waals surface area (Å²) >= 11 is 5.96. The Hall–Kier alpha value is -1.10. The van der Waals surface area contributed by atoms with Gasteiger partial charge >= 0.3 is 0 Å². The Morgan fingerprint density at radius 1 is 1.50 bits per heavy atom. The van der Waals surface area contributed by atoms with Crippen LogP contribution in [0.5, 0.6) is 0 Å². The summed E-state index contributed by atoms with van der Waals surface area (Å²) in [5.41, 5.74) is 0.800. The molecule has 0 aromatic heterocycles. The molecule has 1 unspecified atom stereocenters. The molecule has 0 spiro atoms. The number of aliphatic hydroxyl groups excluding tert-OH is 1. The van der Waals surface area contributed by atoms with Crippen LogP contribution in [0.25, 0.3) is 0 Å². The van der Waals surface area contributed by atoms with Crippen LogP contribution in [0.1, 0.15) is 12.0 Å². The smallest absolute Gasteiger partial charge is 0.224 e. The van der Waals surface area contributed by atoms with Crippen LogP contribution < -0.4 is 5.32 Å². The molecule has 0 saturated heterocycles. The average Bonchev–Trinajstić information content (AvgIpc) is 2.32. The molecule has 1 atom stereocenters. The maximum absolute atomic E-state index is 11.6. The Morgan fingerprint density at radius 2 is 2.22 bits per heavy atom. The summed E-state index contributed by atoms with van der Waals surface area (Å²) in [6.07, 6.45) is 0.179. The van der Waals surface area contributed by atoms with E-state index in [1.807, 2.05) is 18.2 Å². The van der Waals surface area contributed by atoms with Crippen molar-refractivity contribution in [3.8, 4) is 0 Å². The highest BCUT2D eigenvalue weighted by molar-refractivity contribution is 6.31. The minimum atomic E-state index is -0.546. The highest BCUT2D eigenvalue weighted by Crippen LogP contribution is 2.15. The maximum Gasteiger partial charge on any atom is 0.224 e. The summed E-state index contributed by atoms with van der Waals surface area (Å²) in [5.74, 6) is -0.104. The molecule has 4 nitrogen and oxygen atoms in total. The lowest BCUT2D eigenvalue weighted by atomic mass is 10.1. The number of amides is 1. The standard InChI is InChI=1S/C13H18ClNO3/c1-18-9-11(16)6-7-15-13(17)8-10-4-2-3-5-12(10)14/h2-5,11,16H,6-9H2,1H3,(H,15,17). The van der Waals surface area contributed by atoms with Crippen molar-refractivity contribution in [3.63, 3.8) is 0 Å². The van der Waals surface area contributed by atoms with Gasteiger partial charge in [-0.05, 0) is 18.1 Å². The summed E-state index contributed by atoms with van der Waals surface area (Å²) in [7, 11) is 1.53. The Kier molecular flexibility index (Phi) is 6.72. The fourth-order valence-corrected chi connectivity index (χ4v) is 1.73. The van der Waals surface area contributed by atoms with Crippen LogP contribution in [-0.2, 0) is 16.0 Å². The maximum atomic E-state index is 11.6.